The molecule has 9 nitrogen and oxygen atoms in total. The molecule has 1 saturated heterocycles. The van der Waals surface area contributed by atoms with Gasteiger partial charge in [0.1, 0.15) is 6.54 Å². The predicted molar refractivity (Wildman–Crippen MR) is 91.8 cm³/mol. The van der Waals surface area contributed by atoms with Crippen molar-refractivity contribution in [3.63, 3.8) is 0 Å². The lowest BCUT2D eigenvalue weighted by molar-refractivity contribution is -0.213. The number of carbonyl (C=O) groups is 1. The number of likely N-dealkylation sites (tertiary alicyclic amines) is 1. The summed E-state index contributed by atoms with van der Waals surface area (Å²) in [4.78, 5) is 39.6. The highest BCUT2D eigenvalue weighted by atomic mass is 16.5. The molecule has 2 heterocycles. The highest BCUT2D eigenvalue weighted by Crippen LogP contribution is 2.50. The van der Waals surface area contributed by atoms with Crippen LogP contribution in [0.25, 0.3) is 0 Å². The fourth-order valence-electron chi connectivity index (χ4n) is 3.96. The molecule has 144 valence electrons. The van der Waals surface area contributed by atoms with Crippen LogP contribution in [0.15, 0.2) is 15.8 Å². The molecule has 3 rings (SSSR count). The van der Waals surface area contributed by atoms with Crippen LogP contribution in [0.3, 0.4) is 0 Å². The van der Waals surface area contributed by atoms with Crippen molar-refractivity contribution in [3.8, 4) is 0 Å². The monoisotopic (exact) mass is 367 g/mol. The minimum atomic E-state index is -0.602. The number of aromatic nitrogens is 2. The number of aryl methyl sites for hydroxylation is 1. The van der Waals surface area contributed by atoms with Crippen LogP contribution in [0, 0.1) is 12.3 Å². The molecule has 1 aliphatic carbocycles. The van der Waals surface area contributed by atoms with Crippen molar-refractivity contribution in [2.24, 2.45) is 5.41 Å². The van der Waals surface area contributed by atoms with Crippen molar-refractivity contribution in [1.82, 2.24) is 14.5 Å². The fraction of sp³-hybridized carbons (Fsp3) is 0.706. The van der Waals surface area contributed by atoms with Crippen molar-refractivity contribution < 1.29 is 19.7 Å². The zero-order valence-electron chi connectivity index (χ0n) is 14.8. The van der Waals surface area contributed by atoms with Crippen molar-refractivity contribution in [1.29, 1.82) is 0 Å². The summed E-state index contributed by atoms with van der Waals surface area (Å²) >= 11 is 0. The molecule has 2 fully saturated rings. The Morgan fingerprint density at radius 1 is 1.38 bits per heavy atom. The minimum Gasteiger partial charge on any atom is -0.394 e. The summed E-state index contributed by atoms with van der Waals surface area (Å²) < 4.78 is 6.83. The molecule has 1 spiro atoms. The van der Waals surface area contributed by atoms with E-state index in [1.54, 1.807) is 11.8 Å². The van der Waals surface area contributed by atoms with Gasteiger partial charge in [-0.15, -0.1) is 0 Å². The molecule has 2 atom stereocenters. The Kier molecular flexibility index (Phi) is 5.31. The van der Waals surface area contributed by atoms with Crippen LogP contribution in [0.1, 0.15) is 24.8 Å². The molecule has 26 heavy (non-hydrogen) atoms. The van der Waals surface area contributed by atoms with Crippen LogP contribution in [0.5, 0.6) is 0 Å². The summed E-state index contributed by atoms with van der Waals surface area (Å²) in [6.45, 7) is 2.60. The van der Waals surface area contributed by atoms with E-state index in [4.69, 9.17) is 9.84 Å². The zero-order chi connectivity index (χ0) is 18.9. The molecule has 0 aromatic carbocycles. The van der Waals surface area contributed by atoms with Gasteiger partial charge < -0.3 is 19.8 Å². The van der Waals surface area contributed by atoms with Gasteiger partial charge in [-0.1, -0.05) is 0 Å². The molecule has 3 N–H and O–H groups in total. The van der Waals surface area contributed by atoms with Crippen molar-refractivity contribution in [2.75, 3.05) is 26.3 Å². The lowest BCUT2D eigenvalue weighted by Gasteiger charge is -2.56. The van der Waals surface area contributed by atoms with Gasteiger partial charge in [-0.3, -0.25) is 19.1 Å². The van der Waals surface area contributed by atoms with Gasteiger partial charge in [0.05, 0.1) is 25.4 Å². The first-order chi connectivity index (χ1) is 12.4. The van der Waals surface area contributed by atoms with E-state index in [0.29, 0.717) is 37.9 Å². The van der Waals surface area contributed by atoms with E-state index in [2.05, 4.69) is 4.98 Å². The Hall–Kier alpha value is -1.97. The average molecular weight is 367 g/mol. The van der Waals surface area contributed by atoms with Crippen LogP contribution < -0.4 is 11.2 Å². The molecular weight excluding hydrogens is 342 g/mol. The second-order valence-corrected chi connectivity index (χ2v) is 7.15. The summed E-state index contributed by atoms with van der Waals surface area (Å²) in [7, 11) is 0. The third-order valence-corrected chi connectivity index (χ3v) is 5.69. The predicted octanol–water partition coefficient (Wildman–Crippen LogP) is -1.40. The van der Waals surface area contributed by atoms with Crippen LogP contribution >= 0.6 is 0 Å². The van der Waals surface area contributed by atoms with Crippen molar-refractivity contribution >= 4 is 5.91 Å². The number of hydrogen-bond acceptors (Lipinski definition) is 6. The topological polar surface area (TPSA) is 125 Å². The number of piperidine rings is 1. The van der Waals surface area contributed by atoms with Crippen LogP contribution in [-0.2, 0) is 16.1 Å². The SMILES string of the molecule is Cc1cn(CC(=O)N2CCC3(CC2)[C@@H](O)C[C@H]3OCCO)c(=O)[nH]c1=O. The number of carbonyl (C=O) groups excluding carboxylic acids is 1. The van der Waals surface area contributed by atoms with E-state index >= 15 is 0 Å². The first kappa shape index (κ1) is 18.8. The number of amides is 1. The van der Waals surface area contributed by atoms with Crippen LogP contribution in [-0.4, -0.2) is 69.1 Å². The van der Waals surface area contributed by atoms with Crippen molar-refractivity contribution in [2.45, 2.75) is 44.9 Å². The maximum absolute atomic E-state index is 12.5. The van der Waals surface area contributed by atoms with Gasteiger partial charge in [0.25, 0.3) is 5.56 Å². The minimum absolute atomic E-state index is 0.0549. The lowest BCUT2D eigenvalue weighted by Crippen LogP contribution is -2.63. The second-order valence-electron chi connectivity index (χ2n) is 7.15. The average Bonchev–Trinajstić information content (AvgIpc) is 2.63. The Labute approximate surface area is 150 Å². The summed E-state index contributed by atoms with van der Waals surface area (Å²) in [5.41, 5.74) is -1.03. The summed E-state index contributed by atoms with van der Waals surface area (Å²) in [5.74, 6) is -0.199. The number of aliphatic hydroxyl groups excluding tert-OH is 2. The molecular formula is C17H25N3O6. The summed E-state index contributed by atoms with van der Waals surface area (Å²) in [6.07, 6.45) is 2.64. The Morgan fingerprint density at radius 3 is 2.69 bits per heavy atom. The summed E-state index contributed by atoms with van der Waals surface area (Å²) in [6, 6.07) is 0. The first-order valence-electron chi connectivity index (χ1n) is 8.86. The van der Waals surface area contributed by atoms with E-state index in [1.807, 2.05) is 0 Å². The number of aromatic amines is 1. The molecule has 0 unspecified atom stereocenters. The largest absolute Gasteiger partial charge is 0.394 e. The van der Waals surface area contributed by atoms with Gasteiger partial charge in [-0.05, 0) is 19.8 Å². The van der Waals surface area contributed by atoms with E-state index in [9.17, 15) is 19.5 Å². The fourth-order valence-corrected chi connectivity index (χ4v) is 3.96. The van der Waals surface area contributed by atoms with Crippen LogP contribution in [0.2, 0.25) is 0 Å². The van der Waals surface area contributed by atoms with Gasteiger partial charge in [-0.25, -0.2) is 4.79 Å². The number of nitrogens with zero attached hydrogens (tertiary/aromatic N) is 2. The number of rotatable bonds is 5. The smallest absolute Gasteiger partial charge is 0.328 e. The molecule has 0 bridgehead atoms. The maximum Gasteiger partial charge on any atom is 0.328 e. The molecule has 1 aromatic heterocycles. The standard InChI is InChI=1S/C17H25N3O6/c1-11-9-20(16(25)18-15(11)24)10-14(23)19-4-2-17(3-5-19)12(22)8-13(17)26-7-6-21/h9,12-13,21-22H,2-8,10H2,1H3,(H,18,24,25)/t12-,13+/m0/s1. The second kappa shape index (κ2) is 7.34. The molecule has 0 radical (unpaired) electrons. The normalized spacial score (nSPS) is 24.5. The van der Waals surface area contributed by atoms with Gasteiger partial charge in [0, 0.05) is 36.7 Å². The molecule has 1 aromatic rings. The Morgan fingerprint density at radius 2 is 2.08 bits per heavy atom. The van der Waals surface area contributed by atoms with Crippen LogP contribution in [0.4, 0.5) is 0 Å². The highest BCUT2D eigenvalue weighted by molar-refractivity contribution is 5.76. The van der Waals surface area contributed by atoms with E-state index in [1.165, 1.54) is 10.8 Å². The first-order valence-corrected chi connectivity index (χ1v) is 8.86. The zero-order valence-corrected chi connectivity index (χ0v) is 14.8. The van der Waals surface area contributed by atoms with E-state index in [0.717, 1.165) is 0 Å². The number of ether oxygens (including phenoxy) is 1. The number of hydrogen-bond donors (Lipinski definition) is 3. The Balaban J connectivity index is 1.61. The third-order valence-electron chi connectivity index (χ3n) is 5.69. The molecule has 1 amide bonds. The van der Waals surface area contributed by atoms with E-state index in [-0.39, 0.29) is 37.2 Å². The van der Waals surface area contributed by atoms with Gasteiger partial charge in [0.2, 0.25) is 5.91 Å². The molecule has 1 aliphatic heterocycles. The van der Waals surface area contributed by atoms with E-state index < -0.39 is 17.4 Å². The molecule has 2 aliphatic rings. The summed E-state index contributed by atoms with van der Waals surface area (Å²) in [5, 5.41) is 19.1. The number of aliphatic hydroxyl groups is 2. The maximum atomic E-state index is 12.5. The molecule has 9 heteroatoms. The highest BCUT2D eigenvalue weighted by Gasteiger charge is 2.56. The quantitative estimate of drug-likeness (QED) is 0.588. The van der Waals surface area contributed by atoms with Gasteiger partial charge in [0.15, 0.2) is 0 Å². The number of H-pyrrole nitrogens is 1. The van der Waals surface area contributed by atoms with Gasteiger partial charge in [-0.2, -0.15) is 0 Å². The number of nitrogens with one attached hydrogen (secondary N) is 1. The van der Waals surface area contributed by atoms with Crippen molar-refractivity contribution in [3.05, 3.63) is 32.6 Å². The Bertz CT molecular complexity index is 777. The van der Waals surface area contributed by atoms with Gasteiger partial charge >= 0.3 is 5.69 Å². The molecule has 1 saturated carbocycles. The third kappa shape index (κ3) is 3.34. The lowest BCUT2D eigenvalue weighted by atomic mass is 9.58.